The van der Waals surface area contributed by atoms with Crippen LogP contribution in [0.1, 0.15) is 80.6 Å². The summed E-state index contributed by atoms with van der Waals surface area (Å²) in [5.74, 6) is 5.31. The van der Waals surface area contributed by atoms with Crippen LogP contribution in [0.25, 0.3) is 11.1 Å². The van der Waals surface area contributed by atoms with Crippen molar-refractivity contribution in [2.75, 3.05) is 0 Å². The van der Waals surface area contributed by atoms with E-state index in [1.807, 2.05) is 42.5 Å². The van der Waals surface area contributed by atoms with Gasteiger partial charge < -0.3 is 10.2 Å². The molecule has 4 aromatic rings. The Bertz CT molecular complexity index is 1850. The quantitative estimate of drug-likeness (QED) is 0.230. The molecule has 4 heteroatoms. The average molecular weight is 577 g/mol. The molecule has 4 aromatic carbocycles. The fourth-order valence-electron chi connectivity index (χ4n) is 9.40. The smallest absolute Gasteiger partial charge is 0.335 e. The number of hydrogen-bond donors (Lipinski definition) is 2. The van der Waals surface area contributed by atoms with Crippen molar-refractivity contribution < 1.29 is 19.8 Å². The second-order valence-corrected chi connectivity index (χ2v) is 12.8. The van der Waals surface area contributed by atoms with Crippen molar-refractivity contribution in [1.29, 1.82) is 0 Å². The molecule has 0 radical (unpaired) electrons. The Morgan fingerprint density at radius 3 is 1.75 bits per heavy atom. The van der Waals surface area contributed by atoms with Gasteiger partial charge in [-0.15, -0.1) is 12.8 Å². The molecule has 0 amide bonds. The van der Waals surface area contributed by atoms with Crippen LogP contribution in [0.15, 0.2) is 91.0 Å². The van der Waals surface area contributed by atoms with E-state index in [-0.39, 0.29) is 16.5 Å². The molecule has 0 aliphatic heterocycles. The van der Waals surface area contributed by atoms with E-state index in [9.17, 15) is 19.8 Å². The number of terminal acetylenes is 2. The van der Waals surface area contributed by atoms with E-state index in [1.165, 1.54) is 23.1 Å². The molecule has 44 heavy (non-hydrogen) atoms. The van der Waals surface area contributed by atoms with E-state index in [0.717, 1.165) is 47.9 Å². The first-order chi connectivity index (χ1) is 21.3. The fourth-order valence-corrected chi connectivity index (χ4v) is 9.40. The Labute approximate surface area is 257 Å². The van der Waals surface area contributed by atoms with Gasteiger partial charge in [-0.05, 0) is 126 Å². The van der Waals surface area contributed by atoms with Crippen LogP contribution in [0.2, 0.25) is 0 Å². The second-order valence-electron chi connectivity index (χ2n) is 12.8. The van der Waals surface area contributed by atoms with Gasteiger partial charge in [-0.2, -0.15) is 0 Å². The maximum Gasteiger partial charge on any atom is 0.335 e. The predicted molar refractivity (Wildman–Crippen MR) is 171 cm³/mol. The van der Waals surface area contributed by atoms with E-state index in [0.29, 0.717) is 17.8 Å². The van der Waals surface area contributed by atoms with Gasteiger partial charge in [0, 0.05) is 22.0 Å². The van der Waals surface area contributed by atoms with Gasteiger partial charge in [-0.1, -0.05) is 54.3 Å². The maximum absolute atomic E-state index is 11.8. The lowest BCUT2D eigenvalue weighted by molar-refractivity contribution is -0.0671. The summed E-state index contributed by atoms with van der Waals surface area (Å²) >= 11 is 0. The van der Waals surface area contributed by atoms with Crippen LogP contribution >= 0.6 is 0 Å². The molecular weight excluding hydrogens is 544 g/mol. The van der Waals surface area contributed by atoms with Gasteiger partial charge in [0.05, 0.1) is 11.1 Å². The lowest BCUT2D eigenvalue weighted by Gasteiger charge is -2.68. The van der Waals surface area contributed by atoms with Crippen LogP contribution in [0.4, 0.5) is 0 Å². The molecule has 4 aliphatic rings. The SMILES string of the molecule is C#Cc1ccc(C2(c3ccc(C#C)c(-c4ccc(C(=O)O)cc4)c3)C3CC4CC(C3)CC2(c2ccc(C(=O)O)cc2)C4)cc1. The topological polar surface area (TPSA) is 74.6 Å². The van der Waals surface area contributed by atoms with Gasteiger partial charge >= 0.3 is 11.9 Å². The van der Waals surface area contributed by atoms with Crippen molar-refractivity contribution in [3.63, 3.8) is 0 Å². The molecule has 4 bridgehead atoms. The number of carboxylic acid groups (broad SMARTS) is 2. The number of rotatable bonds is 6. The van der Waals surface area contributed by atoms with Crippen molar-refractivity contribution in [2.45, 2.75) is 42.9 Å². The summed E-state index contributed by atoms with van der Waals surface area (Å²) < 4.78 is 0. The highest BCUT2D eigenvalue weighted by Crippen LogP contribution is 2.71. The van der Waals surface area contributed by atoms with Crippen molar-refractivity contribution in [3.8, 4) is 35.8 Å². The summed E-state index contributed by atoms with van der Waals surface area (Å²) in [4.78, 5) is 23.4. The Kier molecular flexibility index (Phi) is 6.49. The van der Waals surface area contributed by atoms with Gasteiger partial charge in [0.25, 0.3) is 0 Å². The largest absolute Gasteiger partial charge is 0.478 e. The highest BCUT2D eigenvalue weighted by atomic mass is 16.4. The van der Waals surface area contributed by atoms with Crippen molar-refractivity contribution in [1.82, 2.24) is 0 Å². The minimum atomic E-state index is -0.971. The first-order valence-corrected chi connectivity index (χ1v) is 15.1. The molecule has 4 saturated carbocycles. The van der Waals surface area contributed by atoms with E-state index in [4.69, 9.17) is 12.8 Å². The summed E-state index contributed by atoms with van der Waals surface area (Å²) in [6.07, 6.45) is 17.3. The Morgan fingerprint density at radius 1 is 0.659 bits per heavy atom. The molecule has 3 atom stereocenters. The van der Waals surface area contributed by atoms with Gasteiger partial charge in [-0.3, -0.25) is 0 Å². The minimum absolute atomic E-state index is 0.224. The normalized spacial score (nSPS) is 26.5. The summed E-state index contributed by atoms with van der Waals surface area (Å²) in [6, 6.07) is 29.4. The number of hydrogen-bond acceptors (Lipinski definition) is 2. The van der Waals surface area contributed by atoms with Crippen LogP contribution < -0.4 is 0 Å². The summed E-state index contributed by atoms with van der Waals surface area (Å²) in [5, 5.41) is 19.2. The van der Waals surface area contributed by atoms with Crippen LogP contribution in [-0.2, 0) is 10.8 Å². The number of benzene rings is 4. The van der Waals surface area contributed by atoms with Crippen molar-refractivity contribution >= 4 is 11.9 Å². The van der Waals surface area contributed by atoms with Crippen molar-refractivity contribution in [2.24, 2.45) is 17.8 Å². The third-order valence-corrected chi connectivity index (χ3v) is 10.8. The third kappa shape index (κ3) is 4.02. The number of carbonyl (C=O) groups is 2. The maximum atomic E-state index is 11.8. The van der Waals surface area contributed by atoms with E-state index < -0.39 is 17.4 Å². The third-order valence-electron chi connectivity index (χ3n) is 10.8. The van der Waals surface area contributed by atoms with Gasteiger partial charge in [0.15, 0.2) is 0 Å². The van der Waals surface area contributed by atoms with E-state index in [2.05, 4.69) is 36.1 Å². The average Bonchev–Trinajstić information content (AvgIpc) is 3.04. The van der Waals surface area contributed by atoms with Crippen LogP contribution in [0, 0.1) is 42.4 Å². The molecule has 8 rings (SSSR count). The van der Waals surface area contributed by atoms with Gasteiger partial charge in [0.1, 0.15) is 0 Å². The summed E-state index contributed by atoms with van der Waals surface area (Å²) in [5.41, 5.74) is 6.73. The highest BCUT2D eigenvalue weighted by molar-refractivity contribution is 5.89. The van der Waals surface area contributed by atoms with Crippen molar-refractivity contribution in [3.05, 3.63) is 130 Å². The second kappa shape index (κ2) is 10.3. The molecular formula is C40H32O4. The van der Waals surface area contributed by atoms with Crippen LogP contribution in [0.3, 0.4) is 0 Å². The zero-order valence-corrected chi connectivity index (χ0v) is 24.3. The molecule has 4 nitrogen and oxygen atoms in total. The van der Waals surface area contributed by atoms with Gasteiger partial charge in [-0.25, -0.2) is 9.59 Å². The summed E-state index contributed by atoms with van der Waals surface area (Å²) in [6.45, 7) is 0. The molecule has 0 heterocycles. The Hall–Kier alpha value is -5.06. The minimum Gasteiger partial charge on any atom is -0.478 e. The highest BCUT2D eigenvalue weighted by Gasteiger charge is 2.67. The predicted octanol–water partition coefficient (Wildman–Crippen LogP) is 7.78. The standard InChI is InChI=1S/C40H32O4/c1-3-25-5-14-33(15-6-25)40(34-18-11-28(4-2)36(22-34)29-7-9-30(10-8-29)37(41)42)35-20-26-19-27(21-35)24-39(40,23-26)32-16-12-31(13-17-32)38(43)44/h1-2,5-18,22,26-27,35H,19-21,23-24H2,(H,41,42)(H,43,44). The zero-order valence-electron chi connectivity index (χ0n) is 24.3. The molecule has 3 unspecified atom stereocenters. The lowest BCUT2D eigenvalue weighted by Crippen LogP contribution is -2.65. The van der Waals surface area contributed by atoms with Crippen LogP contribution in [-0.4, -0.2) is 22.2 Å². The Morgan fingerprint density at radius 2 is 1.20 bits per heavy atom. The van der Waals surface area contributed by atoms with Crippen LogP contribution in [0.5, 0.6) is 0 Å². The molecule has 4 aliphatic carbocycles. The molecule has 0 saturated heterocycles. The van der Waals surface area contributed by atoms with Gasteiger partial charge in [0.2, 0.25) is 0 Å². The molecule has 216 valence electrons. The first-order valence-electron chi connectivity index (χ1n) is 15.1. The van der Waals surface area contributed by atoms with E-state index in [1.54, 1.807) is 24.3 Å². The fraction of sp³-hybridized carbons (Fsp3) is 0.250. The number of aromatic carboxylic acids is 2. The first kappa shape index (κ1) is 27.8. The molecule has 0 spiro atoms. The van der Waals surface area contributed by atoms with E-state index >= 15 is 0 Å². The zero-order chi connectivity index (χ0) is 30.6. The monoisotopic (exact) mass is 576 g/mol. The molecule has 2 N–H and O–H groups in total. The Balaban J connectivity index is 1.52. The summed E-state index contributed by atoms with van der Waals surface area (Å²) in [7, 11) is 0. The molecule has 4 fully saturated rings. The molecule has 0 aromatic heterocycles. The number of carboxylic acids is 2. The lowest BCUT2D eigenvalue weighted by atomic mass is 9.34.